The first-order valence-electron chi connectivity index (χ1n) is 7.64. The minimum atomic E-state index is -0.403. The molecular formula is C19H22O4. The van der Waals surface area contributed by atoms with Crippen LogP contribution < -0.4 is 0 Å². The first-order valence-corrected chi connectivity index (χ1v) is 7.64. The van der Waals surface area contributed by atoms with Gasteiger partial charge in [-0.25, -0.2) is 0 Å². The summed E-state index contributed by atoms with van der Waals surface area (Å²) < 4.78 is 16.5. The molecule has 0 spiro atoms. The molecule has 4 nitrogen and oxygen atoms in total. The second-order valence-electron chi connectivity index (χ2n) is 5.23. The first-order chi connectivity index (χ1) is 11.2. The lowest BCUT2D eigenvalue weighted by atomic mass is 10.2. The summed E-state index contributed by atoms with van der Waals surface area (Å²) in [5.41, 5.74) is 2.17. The maximum Gasteiger partial charge on any atom is 0.303 e. The Bertz CT molecular complexity index is 523. The Morgan fingerprint density at radius 3 is 1.65 bits per heavy atom. The summed E-state index contributed by atoms with van der Waals surface area (Å²) in [6.07, 6.45) is -0.403. The molecule has 0 aromatic heterocycles. The summed E-state index contributed by atoms with van der Waals surface area (Å²) in [7, 11) is 0. The third-order valence-corrected chi connectivity index (χ3v) is 3.16. The van der Waals surface area contributed by atoms with E-state index in [1.54, 1.807) is 0 Å². The van der Waals surface area contributed by atoms with Crippen LogP contribution >= 0.6 is 0 Å². The third-order valence-electron chi connectivity index (χ3n) is 3.16. The van der Waals surface area contributed by atoms with Crippen LogP contribution in [0.25, 0.3) is 0 Å². The summed E-state index contributed by atoms with van der Waals surface area (Å²) >= 11 is 0. The van der Waals surface area contributed by atoms with E-state index >= 15 is 0 Å². The predicted molar refractivity (Wildman–Crippen MR) is 87.8 cm³/mol. The molecule has 4 heteroatoms. The summed E-state index contributed by atoms with van der Waals surface area (Å²) in [5.74, 6) is -0.332. The van der Waals surface area contributed by atoms with Crippen LogP contribution in [-0.2, 0) is 32.2 Å². The average molecular weight is 314 g/mol. The van der Waals surface area contributed by atoms with Gasteiger partial charge in [-0.3, -0.25) is 4.79 Å². The molecule has 0 bridgehead atoms. The van der Waals surface area contributed by atoms with Crippen molar-refractivity contribution in [3.63, 3.8) is 0 Å². The smallest absolute Gasteiger partial charge is 0.303 e. The molecule has 2 rings (SSSR count). The topological polar surface area (TPSA) is 44.8 Å². The second-order valence-corrected chi connectivity index (χ2v) is 5.23. The van der Waals surface area contributed by atoms with Gasteiger partial charge in [0.2, 0.25) is 0 Å². The van der Waals surface area contributed by atoms with Gasteiger partial charge in [-0.15, -0.1) is 0 Å². The van der Waals surface area contributed by atoms with Crippen LogP contribution in [0.1, 0.15) is 18.1 Å². The monoisotopic (exact) mass is 314 g/mol. The quantitative estimate of drug-likeness (QED) is 0.666. The summed E-state index contributed by atoms with van der Waals surface area (Å²) in [4.78, 5) is 11.2. The first kappa shape index (κ1) is 17.2. The van der Waals surface area contributed by atoms with Crippen molar-refractivity contribution >= 4 is 5.97 Å². The molecule has 0 fully saturated rings. The van der Waals surface area contributed by atoms with Crippen molar-refractivity contribution in [2.24, 2.45) is 0 Å². The normalized spacial score (nSPS) is 10.7. The van der Waals surface area contributed by atoms with Crippen molar-refractivity contribution in [1.29, 1.82) is 0 Å². The largest absolute Gasteiger partial charge is 0.458 e. The second kappa shape index (κ2) is 9.77. The van der Waals surface area contributed by atoms with Crippen LogP contribution in [0.5, 0.6) is 0 Å². The predicted octanol–water partition coefficient (Wildman–Crippen LogP) is 3.35. The lowest BCUT2D eigenvalue weighted by molar-refractivity contribution is -0.154. The van der Waals surface area contributed by atoms with E-state index in [1.165, 1.54) is 6.92 Å². The Labute approximate surface area is 137 Å². The van der Waals surface area contributed by atoms with Gasteiger partial charge in [-0.05, 0) is 11.1 Å². The fourth-order valence-corrected chi connectivity index (χ4v) is 2.12. The number of esters is 1. The molecule has 0 heterocycles. The van der Waals surface area contributed by atoms with E-state index in [1.807, 2.05) is 60.7 Å². The van der Waals surface area contributed by atoms with Crippen LogP contribution in [0.4, 0.5) is 0 Å². The average Bonchev–Trinajstić information content (AvgIpc) is 2.56. The molecule has 2 aromatic rings. The van der Waals surface area contributed by atoms with Crippen LogP contribution in [0.15, 0.2) is 60.7 Å². The van der Waals surface area contributed by atoms with Crippen molar-refractivity contribution < 1.29 is 19.0 Å². The van der Waals surface area contributed by atoms with E-state index in [9.17, 15) is 4.79 Å². The van der Waals surface area contributed by atoms with Gasteiger partial charge in [0.15, 0.2) is 0 Å². The van der Waals surface area contributed by atoms with Crippen molar-refractivity contribution in [2.45, 2.75) is 26.2 Å². The van der Waals surface area contributed by atoms with Crippen LogP contribution in [0.2, 0.25) is 0 Å². The van der Waals surface area contributed by atoms with Gasteiger partial charge in [0.05, 0.1) is 26.4 Å². The van der Waals surface area contributed by atoms with Crippen LogP contribution in [0, 0.1) is 0 Å². The fourth-order valence-electron chi connectivity index (χ4n) is 2.12. The molecule has 0 aliphatic heterocycles. The highest BCUT2D eigenvalue weighted by molar-refractivity contribution is 5.66. The standard InChI is InChI=1S/C19H22O4/c1-16(20)23-19(14-21-12-17-8-4-2-5-9-17)15-22-13-18-10-6-3-7-11-18/h2-11,19H,12-15H2,1H3. The van der Waals surface area contributed by atoms with Gasteiger partial charge in [-0.1, -0.05) is 60.7 Å². The summed E-state index contributed by atoms with van der Waals surface area (Å²) in [6.45, 7) is 2.97. The molecule has 0 N–H and O–H groups in total. The Morgan fingerprint density at radius 2 is 1.26 bits per heavy atom. The zero-order chi connectivity index (χ0) is 16.3. The van der Waals surface area contributed by atoms with Crippen LogP contribution in [-0.4, -0.2) is 25.3 Å². The Balaban J connectivity index is 1.74. The van der Waals surface area contributed by atoms with Gasteiger partial charge < -0.3 is 14.2 Å². The van der Waals surface area contributed by atoms with Crippen LogP contribution in [0.3, 0.4) is 0 Å². The highest BCUT2D eigenvalue weighted by atomic mass is 16.6. The van der Waals surface area contributed by atoms with Gasteiger partial charge in [0.1, 0.15) is 6.10 Å². The molecule has 0 saturated heterocycles. The van der Waals surface area contributed by atoms with Crippen molar-refractivity contribution in [3.05, 3.63) is 71.8 Å². The van der Waals surface area contributed by atoms with Gasteiger partial charge in [0, 0.05) is 6.92 Å². The lowest BCUT2D eigenvalue weighted by Crippen LogP contribution is -2.27. The minimum Gasteiger partial charge on any atom is -0.458 e. The van der Waals surface area contributed by atoms with E-state index < -0.39 is 6.10 Å². The molecule has 0 amide bonds. The maximum atomic E-state index is 11.2. The Hall–Kier alpha value is -2.17. The molecule has 0 aliphatic carbocycles. The highest BCUT2D eigenvalue weighted by Gasteiger charge is 2.13. The number of hydrogen-bond donors (Lipinski definition) is 0. The molecule has 0 aliphatic rings. The van der Waals surface area contributed by atoms with Gasteiger partial charge >= 0.3 is 5.97 Å². The van der Waals surface area contributed by atoms with E-state index in [2.05, 4.69) is 0 Å². The maximum absolute atomic E-state index is 11.2. The number of carbonyl (C=O) groups excluding carboxylic acids is 1. The number of carbonyl (C=O) groups is 1. The lowest BCUT2D eigenvalue weighted by Gasteiger charge is -2.17. The molecule has 2 aromatic carbocycles. The number of ether oxygens (including phenoxy) is 3. The SMILES string of the molecule is CC(=O)OC(COCc1ccccc1)COCc1ccccc1. The van der Waals surface area contributed by atoms with Gasteiger partial charge in [-0.2, -0.15) is 0 Å². The van der Waals surface area contributed by atoms with E-state index in [4.69, 9.17) is 14.2 Å². The zero-order valence-corrected chi connectivity index (χ0v) is 13.3. The summed E-state index contributed by atoms with van der Waals surface area (Å²) in [6, 6.07) is 19.7. The zero-order valence-electron chi connectivity index (χ0n) is 13.3. The Kier molecular flexibility index (Phi) is 7.30. The van der Waals surface area contributed by atoms with E-state index in [0.717, 1.165) is 11.1 Å². The molecule has 0 unspecified atom stereocenters. The third kappa shape index (κ3) is 7.08. The number of benzene rings is 2. The van der Waals surface area contributed by atoms with E-state index in [-0.39, 0.29) is 5.97 Å². The summed E-state index contributed by atoms with van der Waals surface area (Å²) in [5, 5.41) is 0. The molecule has 0 atom stereocenters. The minimum absolute atomic E-state index is 0.309. The van der Waals surface area contributed by atoms with Crippen molar-refractivity contribution in [3.8, 4) is 0 Å². The number of rotatable bonds is 9. The molecule has 122 valence electrons. The molecular weight excluding hydrogens is 292 g/mol. The highest BCUT2D eigenvalue weighted by Crippen LogP contribution is 2.05. The fraction of sp³-hybridized carbons (Fsp3) is 0.316. The molecule has 0 saturated carbocycles. The van der Waals surface area contributed by atoms with Crippen molar-refractivity contribution in [2.75, 3.05) is 13.2 Å². The molecule has 0 radical (unpaired) electrons. The number of hydrogen-bond acceptors (Lipinski definition) is 4. The molecule has 23 heavy (non-hydrogen) atoms. The van der Waals surface area contributed by atoms with Gasteiger partial charge in [0.25, 0.3) is 0 Å². The van der Waals surface area contributed by atoms with E-state index in [0.29, 0.717) is 26.4 Å². The Morgan fingerprint density at radius 1 is 0.826 bits per heavy atom. The van der Waals surface area contributed by atoms with Crippen molar-refractivity contribution in [1.82, 2.24) is 0 Å².